The normalized spacial score (nSPS) is 21.2. The zero-order valence-corrected chi connectivity index (χ0v) is 15.3. The number of nitrogens with two attached hydrogens (primary N) is 1. The van der Waals surface area contributed by atoms with E-state index in [0.29, 0.717) is 6.54 Å². The summed E-state index contributed by atoms with van der Waals surface area (Å²) in [5, 5.41) is 11.2. The third kappa shape index (κ3) is 9.89. The maximum atomic E-state index is 10.4. The molecule has 13 heteroatoms. The van der Waals surface area contributed by atoms with Crippen molar-refractivity contribution in [3.8, 4) is 0 Å². The van der Waals surface area contributed by atoms with E-state index in [1.54, 1.807) is 44.4 Å². The van der Waals surface area contributed by atoms with Crippen LogP contribution in [0.25, 0.3) is 0 Å². The van der Waals surface area contributed by atoms with Gasteiger partial charge in [-0.05, 0) is 0 Å². The fourth-order valence-electron chi connectivity index (χ4n) is 0.681. The molecule has 1 aliphatic heterocycles. The number of hydrogen-bond donors (Lipinski definition) is 3. The van der Waals surface area contributed by atoms with Gasteiger partial charge in [0.2, 0.25) is 5.91 Å². The van der Waals surface area contributed by atoms with Gasteiger partial charge in [0.15, 0.2) is 0 Å². The predicted octanol–water partition coefficient (Wildman–Crippen LogP) is -2.22. The van der Waals surface area contributed by atoms with Crippen LogP contribution in [0.5, 0.6) is 0 Å². The molecule has 2 atom stereocenters. The van der Waals surface area contributed by atoms with Crippen LogP contribution in [-0.2, 0) is 89.3 Å². The van der Waals surface area contributed by atoms with Crippen molar-refractivity contribution >= 4 is 90.4 Å². The fourth-order valence-corrected chi connectivity index (χ4v) is 14.4. The summed E-state index contributed by atoms with van der Waals surface area (Å²) in [6.45, 7) is 0.292. The topological polar surface area (TPSA) is 75.4 Å². The minimum atomic E-state index is -0.713. The van der Waals surface area contributed by atoms with Gasteiger partial charge < -0.3 is 16.2 Å². The zero-order chi connectivity index (χ0) is 13.1. The van der Waals surface area contributed by atoms with Gasteiger partial charge in [-0.15, -0.1) is 0 Å². The van der Waals surface area contributed by atoms with E-state index < -0.39 is 12.1 Å². The number of carbonyl (C=O) groups is 1. The molecule has 0 unspecified atom stereocenters. The van der Waals surface area contributed by atoms with Crippen LogP contribution in [0.3, 0.4) is 0 Å². The van der Waals surface area contributed by atoms with Crippen molar-refractivity contribution in [2.45, 2.75) is 12.1 Å². The molecule has 0 aromatic heterocycles. The molecule has 1 fully saturated rings. The number of β-amino-alcohol motifs (C(OH)–C–C–N with tert-alkyl or cyclic N) is 1. The van der Waals surface area contributed by atoms with Crippen molar-refractivity contribution < 1.29 is 9.90 Å². The van der Waals surface area contributed by atoms with Crippen LogP contribution in [0, 0.1) is 0 Å². The summed E-state index contributed by atoms with van der Waals surface area (Å²) in [4.78, 5) is 10.4. The Balaban J connectivity index is 0.000000302. The minimum Gasteiger partial charge on any atom is -0.389 e. The molecule has 1 amide bonds. The van der Waals surface area contributed by atoms with Crippen molar-refractivity contribution in [1.29, 1.82) is 0 Å². The van der Waals surface area contributed by atoms with Gasteiger partial charge in [0, 0.05) is 91.1 Å². The Labute approximate surface area is 128 Å². The summed E-state index contributed by atoms with van der Waals surface area (Å²) < 4.78 is 0. The van der Waals surface area contributed by atoms with Crippen molar-refractivity contribution in [2.75, 3.05) is 6.54 Å². The molecule has 17 heavy (non-hydrogen) atoms. The molecule has 1 heterocycles. The smallest absolute Gasteiger partial charge is 0.239 e. The van der Waals surface area contributed by atoms with E-state index in [0.717, 1.165) is 0 Å². The zero-order valence-electron chi connectivity index (χ0n) is 7.97. The first kappa shape index (κ1) is 18.4. The summed E-state index contributed by atoms with van der Waals surface area (Å²) in [5.74, 6) is -0.266. The van der Waals surface area contributed by atoms with Gasteiger partial charge in [0.1, 0.15) is 6.04 Å². The van der Waals surface area contributed by atoms with Gasteiger partial charge in [-0.3, -0.25) is 4.79 Å². The van der Waals surface area contributed by atoms with Gasteiger partial charge in [-0.1, -0.05) is 0 Å². The summed E-state index contributed by atoms with van der Waals surface area (Å²) in [7, 11) is 10.9. The Hall–Kier alpha value is 1.37. The number of carbonyl (C=O) groups excluding carboxylic acids is 1. The second-order valence-electron chi connectivity index (χ2n) is 2.31. The number of hydrogen-bond acceptors (Lipinski definition) is 5. The van der Waals surface area contributed by atoms with Gasteiger partial charge >= 0.3 is 0 Å². The van der Waals surface area contributed by atoms with Crippen LogP contribution < -0.4 is 11.1 Å². The average molecular weight is 405 g/mol. The predicted molar refractivity (Wildman–Crippen MR) is 93.3 cm³/mol. The van der Waals surface area contributed by atoms with Crippen LogP contribution in [-0.4, -0.2) is 29.7 Å². The average Bonchev–Trinajstić information content (AvgIpc) is 2.61. The lowest BCUT2D eigenvalue weighted by molar-refractivity contribution is -0.120. The number of aliphatic hydroxyl groups is 1. The van der Waals surface area contributed by atoms with Gasteiger partial charge in [-0.2, -0.15) is 0 Å². The second-order valence-corrected chi connectivity index (χ2v) is 14.7. The monoisotopic (exact) mass is 404 g/mol. The molecule has 1 rings (SSSR count). The highest BCUT2D eigenvalue weighted by Gasteiger charge is 2.28. The minimum absolute atomic E-state index is 0.266. The lowest BCUT2D eigenvalue weighted by atomic mass is 10.2. The van der Waals surface area contributed by atoms with E-state index >= 15 is 0 Å². The quantitative estimate of drug-likeness (QED) is 0.427. The first-order chi connectivity index (χ1) is 8.13. The lowest BCUT2D eigenvalue weighted by Gasteiger charge is -2.00. The van der Waals surface area contributed by atoms with Crippen LogP contribution in [0.1, 0.15) is 0 Å². The number of nitrogens with one attached hydrogen (secondary N) is 1. The first-order valence-corrected chi connectivity index (χ1v) is 14.4. The van der Waals surface area contributed by atoms with E-state index in [-0.39, 0.29) is 5.91 Å². The summed E-state index contributed by atoms with van der Waals surface area (Å²) in [6, 6.07) is -0.713. The third-order valence-corrected chi connectivity index (χ3v) is 14.7. The molecule has 4 N–H and O–H groups in total. The van der Waals surface area contributed by atoms with Crippen molar-refractivity contribution in [3.63, 3.8) is 0 Å². The van der Waals surface area contributed by atoms with E-state index in [4.69, 9.17) is 10.8 Å². The molecule has 0 aromatic carbocycles. The number of amides is 1. The SMILES string of the molecule is N[C@H]1C(=O)NC[C@@H]1O.S=S=S=S=S=S=S=S=S. The third-order valence-electron chi connectivity index (χ3n) is 1.37. The van der Waals surface area contributed by atoms with Crippen LogP contribution in [0.15, 0.2) is 0 Å². The Morgan fingerprint density at radius 3 is 1.88 bits per heavy atom. The molecule has 0 spiro atoms. The van der Waals surface area contributed by atoms with Gasteiger partial charge in [0.05, 0.1) is 6.10 Å². The molecule has 1 aliphatic rings. The van der Waals surface area contributed by atoms with E-state index in [2.05, 4.69) is 27.7 Å². The molecule has 0 aliphatic carbocycles. The molecule has 0 aromatic rings. The Morgan fingerprint density at radius 2 is 1.65 bits per heavy atom. The van der Waals surface area contributed by atoms with Crippen molar-refractivity contribution in [1.82, 2.24) is 5.32 Å². The molecule has 4 nitrogen and oxygen atoms in total. The Bertz CT molecular complexity index is 501. The van der Waals surface area contributed by atoms with Gasteiger partial charge in [0.25, 0.3) is 0 Å². The number of rotatable bonds is 0. The van der Waals surface area contributed by atoms with Gasteiger partial charge in [-0.25, -0.2) is 0 Å². The second kappa shape index (κ2) is 12.4. The largest absolute Gasteiger partial charge is 0.389 e. The standard InChI is InChI=1S/C4H8N2O2.S9/c5-3-2(7)1-6-4(3)8;1-3-5-7-9-8-6-4-2/h2-3,7H,1,5H2,(H,6,8);/t2-,3+;/m0./s1. The van der Waals surface area contributed by atoms with E-state index in [1.165, 1.54) is 17.8 Å². The highest BCUT2D eigenvalue weighted by atomic mass is 33.4. The molecule has 0 saturated carbocycles. The first-order valence-electron chi connectivity index (χ1n) is 3.76. The molecule has 100 valence electrons. The van der Waals surface area contributed by atoms with E-state index in [9.17, 15) is 4.79 Å². The molecule has 0 bridgehead atoms. The van der Waals surface area contributed by atoms with Crippen molar-refractivity contribution in [2.24, 2.45) is 5.73 Å². The highest BCUT2D eigenvalue weighted by molar-refractivity contribution is 8.72. The Kier molecular flexibility index (Phi) is 13.4. The van der Waals surface area contributed by atoms with Crippen LogP contribution >= 0.6 is 0 Å². The van der Waals surface area contributed by atoms with E-state index in [1.807, 2.05) is 0 Å². The van der Waals surface area contributed by atoms with Crippen LogP contribution in [0.4, 0.5) is 0 Å². The maximum absolute atomic E-state index is 10.4. The summed E-state index contributed by atoms with van der Waals surface area (Å²) in [5.41, 5.74) is 5.16. The summed E-state index contributed by atoms with van der Waals surface area (Å²) in [6.07, 6.45) is -0.692. The molecular formula is C4H8N2O2S9. The molecule has 0 radical (unpaired) electrons. The maximum Gasteiger partial charge on any atom is 0.239 e. The Morgan fingerprint density at radius 1 is 1.18 bits per heavy atom. The highest BCUT2D eigenvalue weighted by Crippen LogP contribution is 1.95. The molecular weight excluding hydrogens is 397 g/mol. The van der Waals surface area contributed by atoms with Crippen LogP contribution in [0.2, 0.25) is 0 Å². The summed E-state index contributed by atoms with van der Waals surface area (Å²) >= 11 is 9.27. The fraction of sp³-hybridized carbons (Fsp3) is 0.750. The van der Waals surface area contributed by atoms with Crippen molar-refractivity contribution in [3.05, 3.63) is 0 Å². The number of aliphatic hydroxyl groups excluding tert-OH is 1. The molecule has 1 saturated heterocycles. The lowest BCUT2D eigenvalue weighted by Crippen LogP contribution is -2.36.